The lowest BCUT2D eigenvalue weighted by Gasteiger charge is -2.35. The van der Waals surface area contributed by atoms with Gasteiger partial charge in [-0.3, -0.25) is 9.59 Å². The maximum Gasteiger partial charge on any atom is 0.259 e. The second-order valence-electron chi connectivity index (χ2n) is 10.2. The van der Waals surface area contributed by atoms with Crippen molar-refractivity contribution in [3.8, 4) is 0 Å². The first-order valence-electron chi connectivity index (χ1n) is 13.6. The molecule has 4 aromatic rings. The minimum absolute atomic E-state index is 0.0575. The van der Waals surface area contributed by atoms with Crippen LogP contribution in [0.4, 0.5) is 5.82 Å². The summed E-state index contributed by atoms with van der Waals surface area (Å²) in [5, 5.41) is 0.235. The molecular weight excluding hydrogens is 526 g/mol. The standard InChI is InChI=1S/C30H31N5O4S/c1-2-32-21-26(30(37)34-17-15-33(16-18-34)28-9-5-6-13-31-28)29(36)25-19-24(10-11-27(25)32)40(38,39)35-14-12-22-7-3-4-8-23(22)20-35/h3-11,13,19,21H,2,12,14-18,20H2,1H3. The van der Waals surface area contributed by atoms with E-state index < -0.39 is 15.5 Å². The number of hydrogen-bond donors (Lipinski definition) is 0. The van der Waals surface area contributed by atoms with Crippen LogP contribution in [-0.4, -0.2) is 65.8 Å². The van der Waals surface area contributed by atoms with Gasteiger partial charge in [-0.1, -0.05) is 30.3 Å². The molecule has 10 heteroatoms. The zero-order valence-electron chi connectivity index (χ0n) is 22.4. The van der Waals surface area contributed by atoms with Gasteiger partial charge >= 0.3 is 0 Å². The van der Waals surface area contributed by atoms with Crippen LogP contribution in [0.25, 0.3) is 10.9 Å². The summed E-state index contributed by atoms with van der Waals surface area (Å²) in [6, 6.07) is 18.3. The van der Waals surface area contributed by atoms with Gasteiger partial charge in [0.2, 0.25) is 15.5 Å². The predicted molar refractivity (Wildman–Crippen MR) is 154 cm³/mol. The van der Waals surface area contributed by atoms with E-state index in [0.717, 1.165) is 16.9 Å². The zero-order valence-corrected chi connectivity index (χ0v) is 23.2. The van der Waals surface area contributed by atoms with Crippen molar-refractivity contribution < 1.29 is 13.2 Å². The summed E-state index contributed by atoms with van der Waals surface area (Å²) in [5.74, 6) is 0.523. The van der Waals surface area contributed by atoms with Crippen molar-refractivity contribution in [1.82, 2.24) is 18.8 Å². The van der Waals surface area contributed by atoms with Crippen LogP contribution in [0.2, 0.25) is 0 Å². The Hall–Kier alpha value is -4.02. The number of carbonyl (C=O) groups is 1. The molecule has 0 atom stereocenters. The van der Waals surface area contributed by atoms with Crippen molar-refractivity contribution in [1.29, 1.82) is 0 Å². The maximum absolute atomic E-state index is 13.7. The number of sulfonamides is 1. The van der Waals surface area contributed by atoms with Gasteiger partial charge in [-0.05, 0) is 54.8 Å². The molecule has 2 aromatic heterocycles. The van der Waals surface area contributed by atoms with Gasteiger partial charge in [-0.15, -0.1) is 0 Å². The predicted octanol–water partition coefficient (Wildman–Crippen LogP) is 3.13. The van der Waals surface area contributed by atoms with E-state index in [1.807, 2.05) is 54.0 Å². The van der Waals surface area contributed by atoms with E-state index in [9.17, 15) is 18.0 Å². The molecule has 0 saturated carbocycles. The Morgan fingerprint density at radius 1 is 0.925 bits per heavy atom. The molecule has 2 aliphatic rings. The lowest BCUT2D eigenvalue weighted by Crippen LogP contribution is -2.49. The fourth-order valence-electron chi connectivity index (χ4n) is 5.62. The van der Waals surface area contributed by atoms with Crippen LogP contribution < -0.4 is 10.3 Å². The number of nitrogens with zero attached hydrogens (tertiary/aromatic N) is 5. The highest BCUT2D eigenvalue weighted by atomic mass is 32.2. The summed E-state index contributed by atoms with van der Waals surface area (Å²) in [6.45, 7) is 5.27. The molecule has 0 bridgehead atoms. The van der Waals surface area contributed by atoms with E-state index in [4.69, 9.17) is 0 Å². The largest absolute Gasteiger partial charge is 0.353 e. The van der Waals surface area contributed by atoms with E-state index in [1.54, 1.807) is 29.4 Å². The molecule has 0 N–H and O–H groups in total. The lowest BCUT2D eigenvalue weighted by atomic mass is 10.0. The van der Waals surface area contributed by atoms with E-state index in [0.29, 0.717) is 57.8 Å². The first-order chi connectivity index (χ1) is 19.4. The van der Waals surface area contributed by atoms with Crippen molar-refractivity contribution in [2.75, 3.05) is 37.6 Å². The Morgan fingerprint density at radius 2 is 1.68 bits per heavy atom. The number of piperazine rings is 1. The summed E-state index contributed by atoms with van der Waals surface area (Å²) >= 11 is 0. The number of aryl methyl sites for hydroxylation is 1. The average molecular weight is 558 g/mol. The van der Waals surface area contributed by atoms with Crippen LogP contribution in [-0.2, 0) is 29.5 Å². The lowest BCUT2D eigenvalue weighted by molar-refractivity contribution is 0.0744. The number of benzene rings is 2. The SMILES string of the molecule is CCn1cc(C(=O)N2CCN(c3ccccn3)CC2)c(=O)c2cc(S(=O)(=O)N3CCc4ccccc4C3)ccc21. The van der Waals surface area contributed by atoms with E-state index in [-0.39, 0.29) is 21.8 Å². The van der Waals surface area contributed by atoms with Crippen LogP contribution >= 0.6 is 0 Å². The summed E-state index contributed by atoms with van der Waals surface area (Å²) < 4.78 is 30.6. The van der Waals surface area contributed by atoms with Crippen LogP contribution in [0.3, 0.4) is 0 Å². The number of carbonyl (C=O) groups excluding carboxylic acids is 1. The first-order valence-corrected chi connectivity index (χ1v) is 15.0. The third-order valence-corrected chi connectivity index (χ3v) is 9.74. The summed E-state index contributed by atoms with van der Waals surface area (Å²) in [5.41, 5.74) is 2.36. The molecule has 0 spiro atoms. The molecule has 2 aromatic carbocycles. The monoisotopic (exact) mass is 557 g/mol. The summed E-state index contributed by atoms with van der Waals surface area (Å²) in [7, 11) is -3.84. The van der Waals surface area contributed by atoms with Gasteiger partial charge in [0.1, 0.15) is 11.4 Å². The highest BCUT2D eigenvalue weighted by Crippen LogP contribution is 2.27. The number of aromatic nitrogens is 2. The molecule has 40 heavy (non-hydrogen) atoms. The van der Waals surface area contributed by atoms with Crippen molar-refractivity contribution in [2.45, 2.75) is 31.3 Å². The van der Waals surface area contributed by atoms with Crippen LogP contribution in [0, 0.1) is 0 Å². The van der Waals surface area contributed by atoms with Crippen LogP contribution in [0.15, 0.2) is 82.7 Å². The fourth-order valence-corrected chi connectivity index (χ4v) is 7.07. The minimum Gasteiger partial charge on any atom is -0.353 e. The van der Waals surface area contributed by atoms with Gasteiger partial charge in [0.25, 0.3) is 5.91 Å². The first kappa shape index (κ1) is 26.2. The van der Waals surface area contributed by atoms with Crippen LogP contribution in [0.1, 0.15) is 28.4 Å². The molecular formula is C30H31N5O4S. The number of hydrogen-bond acceptors (Lipinski definition) is 6. The highest BCUT2D eigenvalue weighted by molar-refractivity contribution is 7.89. The quantitative estimate of drug-likeness (QED) is 0.374. The molecule has 1 fully saturated rings. The number of rotatable bonds is 5. The Morgan fingerprint density at radius 3 is 2.40 bits per heavy atom. The normalized spacial score (nSPS) is 16.2. The van der Waals surface area contributed by atoms with E-state index in [2.05, 4.69) is 9.88 Å². The fraction of sp³-hybridized carbons (Fsp3) is 0.300. The number of pyridine rings is 2. The van der Waals surface area contributed by atoms with Crippen molar-refractivity contribution in [3.63, 3.8) is 0 Å². The number of amides is 1. The van der Waals surface area contributed by atoms with Gasteiger partial charge in [0.15, 0.2) is 0 Å². The summed E-state index contributed by atoms with van der Waals surface area (Å²) in [6.07, 6.45) is 3.99. The molecule has 6 rings (SSSR count). The third kappa shape index (κ3) is 4.67. The van der Waals surface area contributed by atoms with Crippen molar-refractivity contribution in [2.24, 2.45) is 0 Å². The van der Waals surface area contributed by atoms with Gasteiger partial charge in [-0.25, -0.2) is 13.4 Å². The second kappa shape index (κ2) is 10.5. The Kier molecular flexibility index (Phi) is 6.89. The average Bonchev–Trinajstić information content (AvgIpc) is 3.01. The Labute approximate surface area is 233 Å². The molecule has 1 saturated heterocycles. The Balaban J connectivity index is 1.30. The van der Waals surface area contributed by atoms with E-state index in [1.165, 1.54) is 10.4 Å². The molecule has 0 aliphatic carbocycles. The van der Waals surface area contributed by atoms with Gasteiger partial charge < -0.3 is 14.4 Å². The topological polar surface area (TPSA) is 95.8 Å². The minimum atomic E-state index is -3.84. The zero-order chi connectivity index (χ0) is 27.9. The molecule has 206 valence electrons. The van der Waals surface area contributed by atoms with Crippen molar-refractivity contribution >= 4 is 32.7 Å². The summed E-state index contributed by atoms with van der Waals surface area (Å²) in [4.78, 5) is 35.5. The molecule has 0 radical (unpaired) electrons. The van der Waals surface area contributed by atoms with Crippen molar-refractivity contribution in [3.05, 3.63) is 100.0 Å². The highest BCUT2D eigenvalue weighted by Gasteiger charge is 2.30. The van der Waals surface area contributed by atoms with Gasteiger partial charge in [0, 0.05) is 63.6 Å². The number of anilines is 1. The molecule has 1 amide bonds. The third-order valence-electron chi connectivity index (χ3n) is 7.90. The molecule has 4 heterocycles. The van der Waals surface area contributed by atoms with Gasteiger partial charge in [0.05, 0.1) is 10.4 Å². The molecule has 0 unspecified atom stereocenters. The Bertz CT molecular complexity index is 1750. The van der Waals surface area contributed by atoms with Gasteiger partial charge in [-0.2, -0.15) is 4.31 Å². The molecule has 2 aliphatic heterocycles. The second-order valence-corrected chi connectivity index (χ2v) is 12.1. The maximum atomic E-state index is 13.7. The van der Waals surface area contributed by atoms with E-state index >= 15 is 0 Å². The number of fused-ring (bicyclic) bond motifs is 2. The smallest absolute Gasteiger partial charge is 0.259 e. The molecule has 9 nitrogen and oxygen atoms in total. The van der Waals surface area contributed by atoms with Crippen LogP contribution in [0.5, 0.6) is 0 Å².